The molecule has 10 unspecified atom stereocenters. The molecule has 4 saturated carbocycles. The zero-order valence-electron chi connectivity index (χ0n) is 20.0. The summed E-state index contributed by atoms with van der Waals surface area (Å²) >= 11 is 0. The van der Waals surface area contributed by atoms with Gasteiger partial charge in [0.25, 0.3) is 0 Å². The zero-order chi connectivity index (χ0) is 24.4. The first-order chi connectivity index (χ1) is 15.2. The van der Waals surface area contributed by atoms with Crippen LogP contribution in [0, 0.1) is 46.3 Å². The fourth-order valence-electron chi connectivity index (χ4n) is 8.98. The van der Waals surface area contributed by atoms with Crippen molar-refractivity contribution in [2.24, 2.45) is 46.3 Å². The Morgan fingerprint density at radius 3 is 2.39 bits per heavy atom. The van der Waals surface area contributed by atoms with Gasteiger partial charge in [0, 0.05) is 18.8 Å². The number of aliphatic hydroxyl groups excluding tert-OH is 1. The van der Waals surface area contributed by atoms with Gasteiger partial charge in [0.05, 0.1) is 6.10 Å². The molecule has 0 bridgehead atoms. The van der Waals surface area contributed by atoms with Crippen LogP contribution < -0.4 is 0 Å². The Morgan fingerprint density at radius 2 is 1.76 bits per heavy atom. The van der Waals surface area contributed by atoms with E-state index in [1.807, 2.05) is 0 Å². The molecule has 0 heterocycles. The average Bonchev–Trinajstić information content (AvgIpc) is 3.03. The van der Waals surface area contributed by atoms with E-state index in [4.69, 9.17) is 9.63 Å². The van der Waals surface area contributed by atoms with Gasteiger partial charge in [-0.3, -0.25) is 4.79 Å². The van der Waals surface area contributed by atoms with E-state index < -0.39 is 31.7 Å². The highest BCUT2D eigenvalue weighted by Crippen LogP contribution is 2.72. The van der Waals surface area contributed by atoms with Crippen LogP contribution in [0.25, 0.3) is 0 Å². The molecule has 4 aliphatic rings. The highest BCUT2D eigenvalue weighted by molar-refractivity contribution is 7.46. The molecule has 4 rings (SSSR count). The zero-order valence-corrected chi connectivity index (χ0v) is 20.8. The molecule has 0 radical (unpaired) electrons. The molecule has 0 aromatic rings. The minimum atomic E-state index is -5.06. The van der Waals surface area contributed by atoms with Gasteiger partial charge in [-0.2, -0.15) is 0 Å². The lowest BCUT2D eigenvalue weighted by molar-refractivity contribution is -0.262. The summed E-state index contributed by atoms with van der Waals surface area (Å²) in [6.07, 6.45) is 5.27. The summed E-state index contributed by atoms with van der Waals surface area (Å²) in [7, 11) is -5.06. The lowest BCUT2D eigenvalue weighted by Crippen LogP contribution is -2.62. The number of carboxylic acids is 1. The average molecular weight is 491 g/mol. The van der Waals surface area contributed by atoms with Crippen LogP contribution in [-0.2, 0) is 13.9 Å². The van der Waals surface area contributed by atoms with Crippen molar-refractivity contribution in [3.05, 3.63) is 0 Å². The SMILES string of the molecule is CC(CCC(=O)O)C1CCC2C3C(CCC12C)C1(C)CCC(O)CC1CC3(F)OP(=O)(O)O. The molecule has 9 heteroatoms. The van der Waals surface area contributed by atoms with Crippen LogP contribution in [0.3, 0.4) is 0 Å². The van der Waals surface area contributed by atoms with Crippen LogP contribution in [0.5, 0.6) is 0 Å². The monoisotopic (exact) mass is 490 g/mol. The second-order valence-electron chi connectivity index (χ2n) is 12.1. The summed E-state index contributed by atoms with van der Waals surface area (Å²) in [6.45, 7) is 6.45. The molecule has 0 saturated heterocycles. The number of carbonyl (C=O) groups is 1. The van der Waals surface area contributed by atoms with Gasteiger partial charge in [-0.25, -0.2) is 13.5 Å². The second kappa shape index (κ2) is 8.55. The fourth-order valence-corrected chi connectivity index (χ4v) is 9.57. The standard InChI is InChI=1S/C24H40FO7P/c1-14(4-7-20(27)28)17-5-6-18-21-19(9-11-23(17,18)3)22(2)10-8-16(26)12-15(22)13-24(21,25)32-33(29,30)31/h14-19,21,26H,4-13H2,1-3H3,(H,27,28)(H2,29,30,31). The Kier molecular flexibility index (Phi) is 6.62. The van der Waals surface area contributed by atoms with Crippen LogP contribution in [-0.4, -0.2) is 37.9 Å². The number of carboxylic acid groups (broad SMARTS) is 1. The molecule has 0 aromatic heterocycles. The lowest BCUT2D eigenvalue weighted by atomic mass is 9.43. The van der Waals surface area contributed by atoms with E-state index in [1.54, 1.807) is 0 Å². The van der Waals surface area contributed by atoms with Crippen LogP contribution in [0.2, 0.25) is 0 Å². The number of fused-ring (bicyclic) bond motifs is 5. The first-order valence-corrected chi connectivity index (χ1v) is 14.1. The van der Waals surface area contributed by atoms with Crippen LogP contribution >= 0.6 is 7.82 Å². The van der Waals surface area contributed by atoms with Gasteiger partial charge in [-0.15, -0.1) is 0 Å². The number of aliphatic hydroxyl groups is 1. The molecule has 0 aliphatic heterocycles. The maximum atomic E-state index is 16.8. The Bertz CT molecular complexity index is 819. The number of hydrogen-bond acceptors (Lipinski definition) is 4. The molecule has 7 nitrogen and oxygen atoms in total. The number of phosphoric acid groups is 1. The largest absolute Gasteiger partial charge is 0.481 e. The molecule has 33 heavy (non-hydrogen) atoms. The van der Waals surface area contributed by atoms with E-state index in [2.05, 4.69) is 20.8 Å². The van der Waals surface area contributed by atoms with E-state index in [-0.39, 0.29) is 53.3 Å². The number of phosphoric ester groups is 1. The molecular weight excluding hydrogens is 450 g/mol. The Morgan fingerprint density at radius 1 is 1.12 bits per heavy atom. The molecule has 0 aromatic carbocycles. The van der Waals surface area contributed by atoms with E-state index in [9.17, 15) is 24.3 Å². The molecule has 4 N–H and O–H groups in total. The van der Waals surface area contributed by atoms with Gasteiger partial charge in [0.1, 0.15) is 0 Å². The first-order valence-electron chi connectivity index (χ1n) is 12.5. The van der Waals surface area contributed by atoms with Crippen molar-refractivity contribution in [1.82, 2.24) is 0 Å². The van der Waals surface area contributed by atoms with Gasteiger partial charge >= 0.3 is 13.8 Å². The number of alkyl halides is 1. The third-order valence-corrected chi connectivity index (χ3v) is 11.0. The van der Waals surface area contributed by atoms with Gasteiger partial charge < -0.3 is 20.0 Å². The summed E-state index contributed by atoms with van der Waals surface area (Å²) in [5.41, 5.74) is -0.405. The third kappa shape index (κ3) is 4.44. The Labute approximate surface area is 195 Å². The van der Waals surface area contributed by atoms with E-state index in [0.29, 0.717) is 19.3 Å². The number of aliphatic carboxylic acids is 1. The molecule has 10 atom stereocenters. The molecule has 0 spiro atoms. The van der Waals surface area contributed by atoms with Gasteiger partial charge in [-0.05, 0) is 91.8 Å². The van der Waals surface area contributed by atoms with E-state index in [1.165, 1.54) is 0 Å². The predicted molar refractivity (Wildman–Crippen MR) is 120 cm³/mol. The van der Waals surface area contributed by atoms with Crippen molar-refractivity contribution < 1.29 is 38.3 Å². The Balaban J connectivity index is 1.69. The van der Waals surface area contributed by atoms with Crippen LogP contribution in [0.15, 0.2) is 0 Å². The maximum Gasteiger partial charge on any atom is 0.472 e. The number of hydrogen-bond donors (Lipinski definition) is 4. The van der Waals surface area contributed by atoms with Gasteiger partial charge in [0.2, 0.25) is 5.85 Å². The van der Waals surface area contributed by atoms with Crippen molar-refractivity contribution in [3.8, 4) is 0 Å². The quantitative estimate of drug-likeness (QED) is 0.391. The van der Waals surface area contributed by atoms with Crippen LogP contribution in [0.4, 0.5) is 4.39 Å². The van der Waals surface area contributed by atoms with Crippen molar-refractivity contribution in [1.29, 1.82) is 0 Å². The molecule has 190 valence electrons. The minimum absolute atomic E-state index is 0.0635. The van der Waals surface area contributed by atoms with E-state index in [0.717, 1.165) is 32.1 Å². The maximum absolute atomic E-state index is 16.8. The lowest BCUT2D eigenvalue weighted by Gasteiger charge is -2.64. The van der Waals surface area contributed by atoms with Crippen molar-refractivity contribution in [3.63, 3.8) is 0 Å². The van der Waals surface area contributed by atoms with Crippen molar-refractivity contribution >= 4 is 13.8 Å². The molecule has 4 fully saturated rings. The highest BCUT2D eigenvalue weighted by Gasteiger charge is 2.69. The topological polar surface area (TPSA) is 124 Å². The first kappa shape index (κ1) is 25.6. The molecular formula is C24H40FO7P. The summed E-state index contributed by atoms with van der Waals surface area (Å²) < 4.78 is 33.7. The second-order valence-corrected chi connectivity index (χ2v) is 13.2. The van der Waals surface area contributed by atoms with E-state index >= 15 is 4.39 Å². The van der Waals surface area contributed by atoms with Crippen molar-refractivity contribution in [2.45, 2.75) is 96.9 Å². The van der Waals surface area contributed by atoms with Crippen molar-refractivity contribution in [2.75, 3.05) is 0 Å². The molecule has 4 aliphatic carbocycles. The smallest absolute Gasteiger partial charge is 0.472 e. The normalized spacial score (nSPS) is 48.5. The van der Waals surface area contributed by atoms with Crippen LogP contribution in [0.1, 0.15) is 85.0 Å². The minimum Gasteiger partial charge on any atom is -0.481 e. The highest BCUT2D eigenvalue weighted by atomic mass is 31.2. The summed E-state index contributed by atoms with van der Waals surface area (Å²) in [4.78, 5) is 30.4. The Hall–Kier alpha value is -0.530. The fraction of sp³-hybridized carbons (Fsp3) is 0.958. The summed E-state index contributed by atoms with van der Waals surface area (Å²) in [6, 6.07) is 0. The predicted octanol–water partition coefficient (Wildman–Crippen LogP) is 4.89. The number of rotatable bonds is 6. The summed E-state index contributed by atoms with van der Waals surface area (Å²) in [5.74, 6) is -3.75. The van der Waals surface area contributed by atoms with Gasteiger partial charge in [0.15, 0.2) is 0 Å². The molecule has 0 amide bonds. The third-order valence-electron chi connectivity index (χ3n) is 10.5. The number of halogens is 1. The summed E-state index contributed by atoms with van der Waals surface area (Å²) in [5, 5.41) is 19.4. The van der Waals surface area contributed by atoms with Gasteiger partial charge in [-0.1, -0.05) is 20.8 Å².